The van der Waals surface area contributed by atoms with E-state index in [1.807, 2.05) is 37.4 Å². The van der Waals surface area contributed by atoms with E-state index >= 15 is 0 Å². The van der Waals surface area contributed by atoms with Crippen molar-refractivity contribution in [2.45, 2.75) is 19.8 Å². The first-order valence-electron chi connectivity index (χ1n) is 10.9. The summed E-state index contributed by atoms with van der Waals surface area (Å²) in [6, 6.07) is 12.6. The summed E-state index contributed by atoms with van der Waals surface area (Å²) in [5.41, 5.74) is 3.30. The summed E-state index contributed by atoms with van der Waals surface area (Å²) < 4.78 is 5.86. The number of nitrogens with one attached hydrogen (secondary N) is 1. The maximum atomic E-state index is 12.9. The van der Waals surface area contributed by atoms with Crippen LogP contribution in [0.3, 0.4) is 0 Å². The number of hydrogen-bond donors (Lipinski definition) is 1. The standard InChI is InChI=1S/C26H31N3O3/c1-4-15-28(3)16-5-6-18-32-24-13-14-25-22(19-24)8-7-17-29(25)26(31)27-23-11-9-21(10-12-23)20(2)30/h4-6,9-14,19H,1,7-8,15-18H2,2-3H3,(H,27,31). The van der Waals surface area contributed by atoms with Gasteiger partial charge in [-0.2, -0.15) is 0 Å². The molecule has 2 aromatic carbocycles. The molecule has 1 N–H and O–H groups in total. The highest BCUT2D eigenvalue weighted by atomic mass is 16.5. The van der Waals surface area contributed by atoms with Crippen LogP contribution in [-0.4, -0.2) is 50.0 Å². The van der Waals surface area contributed by atoms with Crippen molar-refractivity contribution in [3.8, 4) is 5.75 Å². The highest BCUT2D eigenvalue weighted by Gasteiger charge is 2.23. The van der Waals surface area contributed by atoms with Gasteiger partial charge in [-0.3, -0.25) is 14.6 Å². The Balaban J connectivity index is 1.59. The van der Waals surface area contributed by atoms with Crippen molar-refractivity contribution >= 4 is 23.2 Å². The number of aryl methyl sites for hydroxylation is 1. The largest absolute Gasteiger partial charge is 0.490 e. The van der Waals surface area contributed by atoms with Crippen LogP contribution in [0.5, 0.6) is 5.75 Å². The molecule has 2 aromatic rings. The Kier molecular flexibility index (Phi) is 8.22. The smallest absolute Gasteiger partial charge is 0.326 e. The van der Waals surface area contributed by atoms with E-state index in [9.17, 15) is 9.59 Å². The number of carbonyl (C=O) groups is 2. The van der Waals surface area contributed by atoms with Crippen molar-refractivity contribution in [1.82, 2.24) is 4.90 Å². The lowest BCUT2D eigenvalue weighted by molar-refractivity contribution is 0.101. The van der Waals surface area contributed by atoms with Gasteiger partial charge in [0.2, 0.25) is 0 Å². The van der Waals surface area contributed by atoms with Crippen LogP contribution < -0.4 is 15.0 Å². The Bertz CT molecular complexity index is 982. The second kappa shape index (κ2) is 11.3. The van der Waals surface area contributed by atoms with E-state index < -0.39 is 0 Å². The molecule has 3 rings (SSSR count). The number of urea groups is 1. The van der Waals surface area contributed by atoms with Crippen LogP contribution >= 0.6 is 0 Å². The highest BCUT2D eigenvalue weighted by Crippen LogP contribution is 2.31. The lowest BCUT2D eigenvalue weighted by Crippen LogP contribution is -2.38. The second-order valence-corrected chi connectivity index (χ2v) is 7.90. The second-order valence-electron chi connectivity index (χ2n) is 7.90. The van der Waals surface area contributed by atoms with Crippen LogP contribution in [0, 0.1) is 0 Å². The number of amides is 2. The zero-order chi connectivity index (χ0) is 22.9. The van der Waals surface area contributed by atoms with Gasteiger partial charge in [-0.25, -0.2) is 4.79 Å². The van der Waals surface area contributed by atoms with E-state index in [1.54, 1.807) is 29.2 Å². The molecule has 0 spiro atoms. The fraction of sp³-hybridized carbons (Fsp3) is 0.308. The average Bonchev–Trinajstić information content (AvgIpc) is 2.78. The predicted octanol–water partition coefficient (Wildman–Crippen LogP) is 4.93. The molecule has 1 aliphatic heterocycles. The molecule has 0 fully saturated rings. The minimum Gasteiger partial charge on any atom is -0.490 e. The number of likely N-dealkylation sites (N-methyl/N-ethyl adjacent to an activating group) is 1. The summed E-state index contributed by atoms with van der Waals surface area (Å²) in [7, 11) is 2.04. The van der Waals surface area contributed by atoms with Crippen molar-refractivity contribution in [3.63, 3.8) is 0 Å². The molecular formula is C26H31N3O3. The van der Waals surface area contributed by atoms with Crippen LogP contribution in [0.4, 0.5) is 16.2 Å². The van der Waals surface area contributed by atoms with Crippen molar-refractivity contribution in [1.29, 1.82) is 0 Å². The summed E-state index contributed by atoms with van der Waals surface area (Å²) in [6.45, 7) is 8.12. The maximum absolute atomic E-state index is 12.9. The molecule has 0 radical (unpaired) electrons. The van der Waals surface area contributed by atoms with Gasteiger partial charge < -0.3 is 10.1 Å². The van der Waals surface area contributed by atoms with Crippen molar-refractivity contribution < 1.29 is 14.3 Å². The van der Waals surface area contributed by atoms with Gasteiger partial charge in [0.1, 0.15) is 12.4 Å². The van der Waals surface area contributed by atoms with Crippen LogP contribution in [0.25, 0.3) is 0 Å². The first kappa shape index (κ1) is 23.3. The maximum Gasteiger partial charge on any atom is 0.326 e. The third-order valence-electron chi connectivity index (χ3n) is 5.33. The fourth-order valence-electron chi connectivity index (χ4n) is 3.62. The summed E-state index contributed by atoms with van der Waals surface area (Å²) in [5.74, 6) is 0.802. The first-order chi connectivity index (χ1) is 15.5. The number of rotatable bonds is 9. The molecule has 1 heterocycles. The number of benzene rings is 2. The molecule has 32 heavy (non-hydrogen) atoms. The number of anilines is 2. The van der Waals surface area contributed by atoms with Crippen molar-refractivity contribution in [3.05, 3.63) is 78.4 Å². The van der Waals surface area contributed by atoms with Crippen LogP contribution in [0.15, 0.2) is 67.3 Å². The molecular weight excluding hydrogens is 402 g/mol. The van der Waals surface area contributed by atoms with Crippen LogP contribution in [0.2, 0.25) is 0 Å². The zero-order valence-electron chi connectivity index (χ0n) is 18.8. The Hall–Kier alpha value is -3.38. The third kappa shape index (κ3) is 6.31. The van der Waals surface area contributed by atoms with Gasteiger partial charge >= 0.3 is 6.03 Å². The molecule has 0 saturated heterocycles. The fourth-order valence-corrected chi connectivity index (χ4v) is 3.62. The Morgan fingerprint density at radius 1 is 1.16 bits per heavy atom. The summed E-state index contributed by atoms with van der Waals surface area (Å²) >= 11 is 0. The monoisotopic (exact) mass is 433 g/mol. The van der Waals surface area contributed by atoms with Gasteiger partial charge in [0.25, 0.3) is 0 Å². The lowest BCUT2D eigenvalue weighted by atomic mass is 10.0. The van der Waals surface area contributed by atoms with Gasteiger partial charge in [0.05, 0.1) is 0 Å². The average molecular weight is 434 g/mol. The molecule has 0 saturated carbocycles. The number of ketones is 1. The number of Topliss-reactive ketones (excluding diaryl/α,β-unsaturated/α-hetero) is 1. The van der Waals surface area contributed by atoms with Gasteiger partial charge in [-0.05, 0) is 74.8 Å². The summed E-state index contributed by atoms with van der Waals surface area (Å²) in [4.78, 5) is 28.2. The van der Waals surface area contributed by atoms with Crippen LogP contribution in [-0.2, 0) is 6.42 Å². The molecule has 1 aliphatic rings. The van der Waals surface area contributed by atoms with E-state index in [-0.39, 0.29) is 11.8 Å². The SMILES string of the molecule is C=CCN(C)CC=CCOc1ccc2c(c1)CCCN2C(=O)Nc1ccc(C(C)=O)cc1. The molecule has 2 amide bonds. The van der Waals surface area contributed by atoms with E-state index in [0.29, 0.717) is 24.4 Å². The van der Waals surface area contributed by atoms with Gasteiger partial charge in [-0.1, -0.05) is 18.2 Å². The van der Waals surface area contributed by atoms with E-state index in [1.165, 1.54) is 6.92 Å². The van der Waals surface area contributed by atoms with Gasteiger partial charge in [0, 0.05) is 36.6 Å². The number of hydrogen-bond acceptors (Lipinski definition) is 4. The minimum absolute atomic E-state index is 0.00128. The molecule has 0 atom stereocenters. The topological polar surface area (TPSA) is 61.9 Å². The van der Waals surface area contributed by atoms with Crippen LogP contribution in [0.1, 0.15) is 29.3 Å². The molecule has 0 aromatic heterocycles. The van der Waals surface area contributed by atoms with Crippen molar-refractivity contribution in [2.75, 3.05) is 43.5 Å². The van der Waals surface area contributed by atoms with Crippen molar-refractivity contribution in [2.24, 2.45) is 0 Å². The van der Waals surface area contributed by atoms with Gasteiger partial charge in [0.15, 0.2) is 5.78 Å². The Labute approximate surface area is 190 Å². The third-order valence-corrected chi connectivity index (χ3v) is 5.33. The molecule has 6 heteroatoms. The zero-order valence-corrected chi connectivity index (χ0v) is 18.8. The normalized spacial score (nSPS) is 13.2. The highest BCUT2D eigenvalue weighted by molar-refractivity contribution is 6.03. The van der Waals surface area contributed by atoms with E-state index in [4.69, 9.17) is 4.74 Å². The van der Waals surface area contributed by atoms with Gasteiger partial charge in [-0.15, -0.1) is 6.58 Å². The summed E-state index contributed by atoms with van der Waals surface area (Å²) in [6.07, 6.45) is 7.77. The predicted molar refractivity (Wildman–Crippen MR) is 130 cm³/mol. The first-order valence-corrected chi connectivity index (χ1v) is 10.9. The number of ether oxygens (including phenoxy) is 1. The molecule has 168 valence electrons. The lowest BCUT2D eigenvalue weighted by Gasteiger charge is -2.30. The Morgan fingerprint density at radius 3 is 2.66 bits per heavy atom. The minimum atomic E-state index is -0.179. The van der Waals surface area contributed by atoms with E-state index in [0.717, 1.165) is 42.9 Å². The molecule has 0 bridgehead atoms. The number of nitrogens with zero attached hydrogens (tertiary/aromatic N) is 2. The molecule has 0 aliphatic carbocycles. The Morgan fingerprint density at radius 2 is 1.94 bits per heavy atom. The number of fused-ring (bicyclic) bond motifs is 1. The van der Waals surface area contributed by atoms with E-state index in [2.05, 4.69) is 22.9 Å². The quantitative estimate of drug-likeness (QED) is 0.450. The molecule has 6 nitrogen and oxygen atoms in total. The number of carbonyl (C=O) groups excluding carboxylic acids is 2. The summed E-state index contributed by atoms with van der Waals surface area (Å²) in [5, 5.41) is 2.92. The molecule has 0 unspecified atom stereocenters.